The van der Waals surface area contributed by atoms with Gasteiger partial charge < -0.3 is 4.90 Å². The molecular weight excluding hydrogens is 344 g/mol. The van der Waals surface area contributed by atoms with Crippen LogP contribution in [0.1, 0.15) is 24.0 Å². The fourth-order valence-corrected chi connectivity index (χ4v) is 4.21. The second kappa shape index (κ2) is 7.55. The van der Waals surface area contributed by atoms with Gasteiger partial charge in [-0.15, -0.1) is 0 Å². The Morgan fingerprint density at radius 3 is 2.38 bits per heavy atom. The maximum Gasteiger partial charge on any atom is 0.216 e. The van der Waals surface area contributed by atoms with Crippen LogP contribution in [0.15, 0.2) is 48.5 Å². The molecular formula is C18H21ClN2O2S. The van der Waals surface area contributed by atoms with Gasteiger partial charge in [-0.3, -0.25) is 0 Å². The van der Waals surface area contributed by atoms with Gasteiger partial charge in [-0.05, 0) is 48.2 Å². The molecule has 1 fully saturated rings. The van der Waals surface area contributed by atoms with E-state index >= 15 is 0 Å². The van der Waals surface area contributed by atoms with E-state index < -0.39 is 10.0 Å². The fourth-order valence-electron chi connectivity index (χ4n) is 2.89. The Bertz CT molecular complexity index is 785. The molecule has 1 heterocycles. The number of hydrogen-bond donors (Lipinski definition) is 1. The minimum absolute atomic E-state index is 0.0700. The number of rotatable bonds is 6. The van der Waals surface area contributed by atoms with Crippen LogP contribution in [0.5, 0.6) is 0 Å². The summed E-state index contributed by atoms with van der Waals surface area (Å²) in [6.45, 7) is 2.50. The number of benzene rings is 2. The van der Waals surface area contributed by atoms with Crippen LogP contribution in [-0.2, 0) is 22.3 Å². The highest BCUT2D eigenvalue weighted by atomic mass is 35.5. The van der Waals surface area contributed by atoms with Gasteiger partial charge in [0, 0.05) is 30.3 Å². The minimum atomic E-state index is -3.39. The number of sulfonamides is 1. The number of hydrogen-bond acceptors (Lipinski definition) is 3. The Morgan fingerprint density at radius 1 is 1.00 bits per heavy atom. The number of halogens is 1. The highest BCUT2D eigenvalue weighted by Gasteiger charge is 2.13. The van der Waals surface area contributed by atoms with Gasteiger partial charge in [0.2, 0.25) is 10.0 Å². The van der Waals surface area contributed by atoms with E-state index in [1.807, 2.05) is 12.1 Å². The summed E-state index contributed by atoms with van der Waals surface area (Å²) in [6, 6.07) is 15.0. The number of nitrogens with one attached hydrogen (secondary N) is 1. The third-order valence-corrected chi connectivity index (χ3v) is 5.68. The molecule has 0 radical (unpaired) electrons. The van der Waals surface area contributed by atoms with Crippen LogP contribution in [0.2, 0.25) is 5.02 Å². The number of anilines is 1. The van der Waals surface area contributed by atoms with Crippen molar-refractivity contribution >= 4 is 27.3 Å². The average Bonchev–Trinajstić information content (AvgIpc) is 3.08. The smallest absolute Gasteiger partial charge is 0.216 e. The van der Waals surface area contributed by atoms with Crippen molar-refractivity contribution < 1.29 is 8.42 Å². The van der Waals surface area contributed by atoms with Crippen LogP contribution in [0.4, 0.5) is 5.69 Å². The van der Waals surface area contributed by atoms with E-state index in [1.54, 1.807) is 24.3 Å². The van der Waals surface area contributed by atoms with Crippen molar-refractivity contribution in [3.63, 3.8) is 0 Å². The summed E-state index contributed by atoms with van der Waals surface area (Å²) in [5.74, 6) is -0.0700. The number of nitrogens with zero attached hydrogens (tertiary/aromatic N) is 1. The van der Waals surface area contributed by atoms with Crippen molar-refractivity contribution in [1.29, 1.82) is 0 Å². The summed E-state index contributed by atoms with van der Waals surface area (Å²) in [4.78, 5) is 2.35. The largest absolute Gasteiger partial charge is 0.372 e. The molecule has 6 heteroatoms. The quantitative estimate of drug-likeness (QED) is 0.852. The van der Waals surface area contributed by atoms with Crippen LogP contribution in [0.25, 0.3) is 0 Å². The van der Waals surface area contributed by atoms with Crippen molar-refractivity contribution in [2.45, 2.75) is 25.1 Å². The topological polar surface area (TPSA) is 49.4 Å². The second-order valence-electron chi connectivity index (χ2n) is 6.07. The standard InChI is InChI=1S/C18H21ClN2O2S/c19-17-5-3-4-16(12-17)14-24(22,23)20-13-15-6-8-18(9-7-15)21-10-1-2-11-21/h3-9,12,20H,1-2,10-11,13-14H2. The molecule has 0 aromatic heterocycles. The third kappa shape index (κ3) is 4.72. The first-order valence-corrected chi connectivity index (χ1v) is 10.1. The van der Waals surface area contributed by atoms with Gasteiger partial charge >= 0.3 is 0 Å². The van der Waals surface area contributed by atoms with Crippen LogP contribution in [0.3, 0.4) is 0 Å². The molecule has 0 amide bonds. The van der Waals surface area contributed by atoms with Crippen molar-refractivity contribution in [3.05, 3.63) is 64.7 Å². The summed E-state index contributed by atoms with van der Waals surface area (Å²) in [6.07, 6.45) is 2.48. The lowest BCUT2D eigenvalue weighted by Crippen LogP contribution is -2.24. The Kier molecular flexibility index (Phi) is 5.43. The molecule has 0 unspecified atom stereocenters. The van der Waals surface area contributed by atoms with E-state index in [0.29, 0.717) is 17.1 Å². The zero-order valence-electron chi connectivity index (χ0n) is 13.4. The molecule has 0 saturated carbocycles. The molecule has 0 bridgehead atoms. The molecule has 2 aromatic rings. The van der Waals surface area contributed by atoms with Crippen LogP contribution >= 0.6 is 11.6 Å². The molecule has 128 valence electrons. The lowest BCUT2D eigenvalue weighted by Gasteiger charge is -2.17. The van der Waals surface area contributed by atoms with Crippen molar-refractivity contribution in [1.82, 2.24) is 4.72 Å². The fraction of sp³-hybridized carbons (Fsp3) is 0.333. The molecule has 1 N–H and O–H groups in total. The van der Waals surface area contributed by atoms with Gasteiger partial charge in [0.25, 0.3) is 0 Å². The lowest BCUT2D eigenvalue weighted by molar-refractivity contribution is 0.580. The lowest BCUT2D eigenvalue weighted by atomic mass is 10.2. The molecule has 4 nitrogen and oxygen atoms in total. The van der Waals surface area contributed by atoms with Crippen LogP contribution < -0.4 is 9.62 Å². The van der Waals surface area contributed by atoms with Gasteiger partial charge in [-0.1, -0.05) is 35.9 Å². The molecule has 0 atom stereocenters. The minimum Gasteiger partial charge on any atom is -0.372 e. The zero-order chi connectivity index (χ0) is 17.0. The first-order chi connectivity index (χ1) is 11.5. The maximum absolute atomic E-state index is 12.2. The Labute approximate surface area is 148 Å². The zero-order valence-corrected chi connectivity index (χ0v) is 15.0. The van der Waals surface area contributed by atoms with Crippen molar-refractivity contribution in [2.75, 3.05) is 18.0 Å². The highest BCUT2D eigenvalue weighted by Crippen LogP contribution is 2.20. The molecule has 1 saturated heterocycles. The first kappa shape index (κ1) is 17.3. The molecule has 2 aromatic carbocycles. The first-order valence-electron chi connectivity index (χ1n) is 8.07. The summed E-state index contributed by atoms with van der Waals surface area (Å²) in [7, 11) is -3.39. The van der Waals surface area contributed by atoms with Crippen molar-refractivity contribution in [3.8, 4) is 0 Å². The molecule has 1 aliphatic rings. The predicted molar refractivity (Wildman–Crippen MR) is 98.8 cm³/mol. The normalized spacial score (nSPS) is 15.0. The average molecular weight is 365 g/mol. The Balaban J connectivity index is 1.58. The molecule has 24 heavy (non-hydrogen) atoms. The summed E-state index contributed by atoms with van der Waals surface area (Å²) in [5, 5.41) is 0.542. The van der Waals surface area contributed by atoms with Crippen LogP contribution in [-0.4, -0.2) is 21.5 Å². The Hall–Kier alpha value is -1.56. The Morgan fingerprint density at radius 2 is 1.71 bits per heavy atom. The maximum atomic E-state index is 12.2. The van der Waals surface area contributed by atoms with Crippen molar-refractivity contribution in [2.24, 2.45) is 0 Å². The summed E-state index contributed by atoms with van der Waals surface area (Å²) < 4.78 is 27.0. The van der Waals surface area contributed by atoms with Crippen LogP contribution in [0, 0.1) is 0 Å². The van der Waals surface area contributed by atoms with E-state index in [2.05, 4.69) is 21.8 Å². The van der Waals surface area contributed by atoms with E-state index in [0.717, 1.165) is 18.7 Å². The highest BCUT2D eigenvalue weighted by molar-refractivity contribution is 7.88. The molecule has 0 spiro atoms. The summed E-state index contributed by atoms with van der Waals surface area (Å²) in [5.41, 5.74) is 2.84. The molecule has 3 rings (SSSR count). The van der Waals surface area contributed by atoms with E-state index in [4.69, 9.17) is 11.6 Å². The van der Waals surface area contributed by atoms with Gasteiger partial charge in [0.1, 0.15) is 0 Å². The summed E-state index contributed by atoms with van der Waals surface area (Å²) >= 11 is 5.90. The van der Waals surface area contributed by atoms with E-state index in [1.165, 1.54) is 18.5 Å². The predicted octanol–water partition coefficient (Wildman–Crippen LogP) is 3.56. The van der Waals surface area contributed by atoms with Gasteiger partial charge in [-0.2, -0.15) is 0 Å². The van der Waals surface area contributed by atoms with Gasteiger partial charge in [-0.25, -0.2) is 13.1 Å². The van der Waals surface area contributed by atoms with E-state index in [-0.39, 0.29) is 5.75 Å². The second-order valence-corrected chi connectivity index (χ2v) is 8.31. The van der Waals surface area contributed by atoms with Gasteiger partial charge in [0.15, 0.2) is 0 Å². The SMILES string of the molecule is O=S(=O)(Cc1cccc(Cl)c1)NCc1ccc(N2CCCC2)cc1. The molecule has 1 aliphatic heterocycles. The molecule has 0 aliphatic carbocycles. The monoisotopic (exact) mass is 364 g/mol. The van der Waals surface area contributed by atoms with Gasteiger partial charge in [0.05, 0.1) is 5.75 Å². The third-order valence-electron chi connectivity index (χ3n) is 4.15. The van der Waals surface area contributed by atoms with E-state index in [9.17, 15) is 8.42 Å².